The number of carboxylic acid groups (broad SMARTS) is 1. The zero-order valence-corrected chi connectivity index (χ0v) is 12.2. The summed E-state index contributed by atoms with van der Waals surface area (Å²) >= 11 is 0. The Morgan fingerprint density at radius 2 is 2.05 bits per heavy atom. The second-order valence-electron chi connectivity index (χ2n) is 4.76. The number of carboxylic acids is 1. The van der Waals surface area contributed by atoms with E-state index >= 15 is 0 Å². The van der Waals surface area contributed by atoms with Crippen molar-refractivity contribution < 1.29 is 14.7 Å². The number of hydrogen-bond acceptors (Lipinski definition) is 2. The molecule has 20 heavy (non-hydrogen) atoms. The number of rotatable bonds is 6. The highest BCUT2D eigenvalue weighted by Gasteiger charge is 2.19. The lowest BCUT2D eigenvalue weighted by Crippen LogP contribution is -2.39. The average molecular weight is 278 g/mol. The average Bonchev–Trinajstić information content (AvgIpc) is 2.44. The number of benzene rings is 1. The van der Waals surface area contributed by atoms with Gasteiger partial charge in [0.05, 0.1) is 5.92 Å². The monoisotopic (exact) mass is 278 g/mol. The Labute approximate surface area is 119 Å². The van der Waals surface area contributed by atoms with E-state index < -0.39 is 11.9 Å². The van der Waals surface area contributed by atoms with Crippen LogP contribution in [0, 0.1) is 5.92 Å². The normalized spacial score (nSPS) is 11.8. The highest BCUT2D eigenvalue weighted by Crippen LogP contribution is 2.12. The standard InChI is InChI=1S/C15H22N2O3/c1-4-12-7-6-8-13(9-12)16-15(20)17(5-2)10-11(3)14(18)19/h6-9,11H,4-5,10H2,1-3H3,(H,16,20)(H,18,19). The van der Waals surface area contributed by atoms with Crippen LogP contribution >= 0.6 is 0 Å². The molecule has 1 aromatic carbocycles. The minimum absolute atomic E-state index is 0.200. The zero-order chi connectivity index (χ0) is 15.1. The van der Waals surface area contributed by atoms with Crippen LogP contribution in [0.5, 0.6) is 0 Å². The molecule has 0 radical (unpaired) electrons. The second-order valence-corrected chi connectivity index (χ2v) is 4.76. The Morgan fingerprint density at radius 1 is 1.35 bits per heavy atom. The minimum atomic E-state index is -0.899. The van der Waals surface area contributed by atoms with Gasteiger partial charge in [-0.15, -0.1) is 0 Å². The number of hydrogen-bond donors (Lipinski definition) is 2. The maximum absolute atomic E-state index is 12.1. The molecule has 5 heteroatoms. The van der Waals surface area contributed by atoms with E-state index in [-0.39, 0.29) is 12.6 Å². The van der Waals surface area contributed by atoms with Gasteiger partial charge in [0.15, 0.2) is 0 Å². The van der Waals surface area contributed by atoms with Crippen LogP contribution in [0.25, 0.3) is 0 Å². The summed E-state index contributed by atoms with van der Waals surface area (Å²) in [6, 6.07) is 7.37. The van der Waals surface area contributed by atoms with E-state index in [0.29, 0.717) is 6.54 Å². The molecule has 2 N–H and O–H groups in total. The molecule has 2 amide bonds. The van der Waals surface area contributed by atoms with Gasteiger partial charge in [-0.3, -0.25) is 4.79 Å². The van der Waals surface area contributed by atoms with Gasteiger partial charge in [0.2, 0.25) is 0 Å². The molecule has 0 aromatic heterocycles. The number of aryl methyl sites for hydroxylation is 1. The summed E-state index contributed by atoms with van der Waals surface area (Å²) in [6.07, 6.45) is 0.900. The van der Waals surface area contributed by atoms with Crippen molar-refractivity contribution in [1.29, 1.82) is 0 Å². The number of urea groups is 1. The number of nitrogens with zero attached hydrogens (tertiary/aromatic N) is 1. The number of amides is 2. The van der Waals surface area contributed by atoms with Crippen molar-refractivity contribution in [2.24, 2.45) is 5.92 Å². The summed E-state index contributed by atoms with van der Waals surface area (Å²) < 4.78 is 0. The van der Waals surface area contributed by atoms with Crippen molar-refractivity contribution in [2.45, 2.75) is 27.2 Å². The fraction of sp³-hybridized carbons (Fsp3) is 0.467. The number of aliphatic carboxylic acids is 1. The first-order valence-corrected chi connectivity index (χ1v) is 6.85. The highest BCUT2D eigenvalue weighted by molar-refractivity contribution is 5.89. The summed E-state index contributed by atoms with van der Waals surface area (Å²) in [5, 5.41) is 11.7. The van der Waals surface area contributed by atoms with E-state index in [1.165, 1.54) is 4.90 Å². The lowest BCUT2D eigenvalue weighted by Gasteiger charge is -2.23. The molecule has 110 valence electrons. The van der Waals surface area contributed by atoms with Gasteiger partial charge in [-0.1, -0.05) is 26.0 Å². The van der Waals surface area contributed by atoms with E-state index in [4.69, 9.17) is 5.11 Å². The lowest BCUT2D eigenvalue weighted by atomic mass is 10.1. The first-order chi connectivity index (χ1) is 9.47. The fourth-order valence-corrected chi connectivity index (χ4v) is 1.84. The van der Waals surface area contributed by atoms with Crippen molar-refractivity contribution >= 4 is 17.7 Å². The number of carbonyl (C=O) groups excluding carboxylic acids is 1. The van der Waals surface area contributed by atoms with E-state index in [0.717, 1.165) is 17.7 Å². The quantitative estimate of drug-likeness (QED) is 0.840. The summed E-state index contributed by atoms with van der Waals surface area (Å²) in [7, 11) is 0. The Kier molecular flexibility index (Phi) is 6.03. The molecule has 0 aliphatic carbocycles. The van der Waals surface area contributed by atoms with Gasteiger partial charge in [0.25, 0.3) is 0 Å². The van der Waals surface area contributed by atoms with Crippen molar-refractivity contribution in [2.75, 3.05) is 18.4 Å². The molecular weight excluding hydrogens is 256 g/mol. The van der Waals surface area contributed by atoms with E-state index in [1.807, 2.05) is 38.1 Å². The molecule has 1 unspecified atom stereocenters. The van der Waals surface area contributed by atoms with Crippen LogP contribution in [0.4, 0.5) is 10.5 Å². The molecule has 0 saturated carbocycles. The Balaban J connectivity index is 2.69. The Hall–Kier alpha value is -2.04. The molecule has 1 rings (SSSR count). The predicted molar refractivity (Wildman–Crippen MR) is 78.9 cm³/mol. The summed E-state index contributed by atoms with van der Waals surface area (Å²) in [5.74, 6) is -1.48. The largest absolute Gasteiger partial charge is 0.481 e. The van der Waals surface area contributed by atoms with Crippen molar-refractivity contribution in [3.05, 3.63) is 29.8 Å². The molecule has 1 aromatic rings. The number of carbonyl (C=O) groups is 2. The Bertz CT molecular complexity index is 474. The minimum Gasteiger partial charge on any atom is -0.481 e. The van der Waals surface area contributed by atoms with Gasteiger partial charge in [0, 0.05) is 18.8 Å². The van der Waals surface area contributed by atoms with Gasteiger partial charge >= 0.3 is 12.0 Å². The van der Waals surface area contributed by atoms with Crippen LogP contribution in [0.3, 0.4) is 0 Å². The molecular formula is C15H22N2O3. The van der Waals surface area contributed by atoms with Crippen molar-refractivity contribution in [3.8, 4) is 0 Å². The lowest BCUT2D eigenvalue weighted by molar-refractivity contribution is -0.141. The van der Waals surface area contributed by atoms with Gasteiger partial charge in [-0.2, -0.15) is 0 Å². The topological polar surface area (TPSA) is 69.6 Å². The molecule has 0 heterocycles. The highest BCUT2D eigenvalue weighted by atomic mass is 16.4. The maximum Gasteiger partial charge on any atom is 0.321 e. The third-order valence-electron chi connectivity index (χ3n) is 3.17. The van der Waals surface area contributed by atoms with Gasteiger partial charge < -0.3 is 15.3 Å². The SMILES string of the molecule is CCc1cccc(NC(=O)N(CC)CC(C)C(=O)O)c1. The van der Waals surface area contributed by atoms with Crippen LogP contribution in [-0.4, -0.2) is 35.1 Å². The second kappa shape index (κ2) is 7.53. The molecule has 1 atom stereocenters. The zero-order valence-electron chi connectivity index (χ0n) is 12.2. The van der Waals surface area contributed by atoms with E-state index in [1.54, 1.807) is 6.92 Å². The van der Waals surface area contributed by atoms with Crippen molar-refractivity contribution in [3.63, 3.8) is 0 Å². The smallest absolute Gasteiger partial charge is 0.321 e. The third-order valence-corrected chi connectivity index (χ3v) is 3.17. The van der Waals surface area contributed by atoms with Crippen LogP contribution in [0.15, 0.2) is 24.3 Å². The maximum atomic E-state index is 12.1. The van der Waals surface area contributed by atoms with Gasteiger partial charge in [-0.05, 0) is 31.0 Å². The molecule has 0 spiro atoms. The molecule has 0 aliphatic heterocycles. The summed E-state index contributed by atoms with van der Waals surface area (Å²) in [4.78, 5) is 24.5. The van der Waals surface area contributed by atoms with Crippen LogP contribution in [-0.2, 0) is 11.2 Å². The van der Waals surface area contributed by atoms with E-state index in [2.05, 4.69) is 5.32 Å². The molecule has 0 saturated heterocycles. The molecule has 0 aliphatic rings. The van der Waals surface area contributed by atoms with E-state index in [9.17, 15) is 9.59 Å². The third kappa shape index (κ3) is 4.57. The Morgan fingerprint density at radius 3 is 2.60 bits per heavy atom. The van der Waals surface area contributed by atoms with Gasteiger partial charge in [0.1, 0.15) is 0 Å². The summed E-state index contributed by atoms with van der Waals surface area (Å²) in [6.45, 7) is 6.14. The first-order valence-electron chi connectivity index (χ1n) is 6.85. The number of nitrogens with one attached hydrogen (secondary N) is 1. The van der Waals surface area contributed by atoms with Crippen molar-refractivity contribution in [1.82, 2.24) is 4.90 Å². The first kappa shape index (κ1) is 16.0. The molecule has 0 bridgehead atoms. The predicted octanol–water partition coefficient (Wildman–Crippen LogP) is 2.82. The number of anilines is 1. The van der Waals surface area contributed by atoms with Crippen LogP contribution in [0.1, 0.15) is 26.3 Å². The summed E-state index contributed by atoms with van der Waals surface area (Å²) in [5.41, 5.74) is 1.88. The fourth-order valence-electron chi connectivity index (χ4n) is 1.84. The van der Waals surface area contributed by atoms with Gasteiger partial charge in [-0.25, -0.2) is 4.79 Å². The molecule has 5 nitrogen and oxygen atoms in total. The molecule has 0 fully saturated rings. The van der Waals surface area contributed by atoms with Crippen LogP contribution in [0.2, 0.25) is 0 Å². The van der Waals surface area contributed by atoms with Crippen LogP contribution < -0.4 is 5.32 Å².